The zero-order valence-electron chi connectivity index (χ0n) is 12.9. The molecular weight excluding hydrogens is 426 g/mol. The minimum absolute atomic E-state index is 0. The van der Waals surface area contributed by atoms with E-state index in [-0.39, 0.29) is 173 Å². The van der Waals surface area contributed by atoms with Crippen LogP contribution in [0.25, 0.3) is 0 Å². The van der Waals surface area contributed by atoms with Crippen LogP contribution in [-0.4, -0.2) is 193 Å². The van der Waals surface area contributed by atoms with Gasteiger partial charge in [0, 0.05) is 118 Å². The van der Waals surface area contributed by atoms with Crippen LogP contribution in [0.1, 0.15) is 0 Å². The van der Waals surface area contributed by atoms with Crippen molar-refractivity contribution in [3.8, 4) is 0 Å². The Hall–Kier alpha value is 3.86. The van der Waals surface area contributed by atoms with Crippen molar-refractivity contribution in [3.05, 3.63) is 0 Å². The maximum atomic E-state index is 9.63. The smallest absolute Gasteiger partial charge is 0.412 e. The monoisotopic (exact) mass is 450 g/mol. The van der Waals surface area contributed by atoms with E-state index in [1.165, 1.54) is 0 Å². The van der Waals surface area contributed by atoms with Gasteiger partial charge in [0.2, 0.25) is 0 Å². The van der Waals surface area contributed by atoms with E-state index in [1.807, 2.05) is 0 Å². The topological polar surface area (TPSA) is 439 Å². The zero-order valence-corrected chi connectivity index (χ0v) is 22.7. The first-order chi connectivity index (χ1) is 3.71. The molecule has 0 saturated heterocycles. The molecule has 0 rings (SSSR count). The SMILES string of the molecule is O.O.O.O.O.O.O.O.O.O.O=P(O)(O)OP(=O)(O)O.[Na].[Na].[Na].[Na]. The molecule has 17 nitrogen and oxygen atoms in total. The summed E-state index contributed by atoms with van der Waals surface area (Å²) in [6.07, 6.45) is 0. The van der Waals surface area contributed by atoms with Gasteiger partial charge in [-0.2, -0.15) is 4.31 Å². The Labute approximate surface area is 218 Å². The summed E-state index contributed by atoms with van der Waals surface area (Å²) in [7, 11) is -10.1. The van der Waals surface area contributed by atoms with E-state index in [9.17, 15) is 9.13 Å². The molecule has 0 fully saturated rings. The van der Waals surface area contributed by atoms with Crippen LogP contribution in [0.3, 0.4) is 0 Å². The second kappa shape index (κ2) is 56.2. The number of hydrogen-bond acceptors (Lipinski definition) is 3. The molecule has 140 valence electrons. The fourth-order valence-corrected chi connectivity index (χ4v) is 1.25. The summed E-state index contributed by atoms with van der Waals surface area (Å²) in [6.45, 7) is 0. The van der Waals surface area contributed by atoms with Crippen molar-refractivity contribution < 1.29 is 87.8 Å². The standard InChI is InChI=1S/4Na.H4O7P2.10H2O/c;;;;1-8(2,3)7-9(4,5)6;;;;;;;;;;/h;;;;(H2,1,2,3)(H2,4,5,6);10*1H2. The summed E-state index contributed by atoms with van der Waals surface area (Å²) in [5.41, 5.74) is 0. The van der Waals surface area contributed by atoms with E-state index in [4.69, 9.17) is 19.6 Å². The van der Waals surface area contributed by atoms with Crippen molar-refractivity contribution in [2.24, 2.45) is 0 Å². The minimum Gasteiger partial charge on any atom is -0.412 e. The van der Waals surface area contributed by atoms with Gasteiger partial charge in [-0.1, -0.05) is 0 Å². The van der Waals surface area contributed by atoms with Crippen molar-refractivity contribution in [2.75, 3.05) is 0 Å². The van der Waals surface area contributed by atoms with E-state index in [0.717, 1.165) is 0 Å². The van der Waals surface area contributed by atoms with Crippen LogP contribution in [-0.2, 0) is 13.4 Å². The summed E-state index contributed by atoms with van der Waals surface area (Å²) in [4.78, 5) is 31.0. The third-order valence-corrected chi connectivity index (χ3v) is 1.91. The Bertz CT molecular complexity index is 165. The Morgan fingerprint density at radius 2 is 0.522 bits per heavy atom. The normalized spacial score (nSPS) is 5.39. The van der Waals surface area contributed by atoms with Crippen molar-refractivity contribution in [1.82, 2.24) is 0 Å². The first-order valence-electron chi connectivity index (χ1n) is 1.53. The van der Waals surface area contributed by atoms with Crippen LogP contribution >= 0.6 is 15.6 Å². The van der Waals surface area contributed by atoms with Gasteiger partial charge in [-0.3, -0.25) is 0 Å². The summed E-state index contributed by atoms with van der Waals surface area (Å²) in [5, 5.41) is 0. The second-order valence-corrected chi connectivity index (χ2v) is 3.68. The zero-order chi connectivity index (χ0) is 7.71. The van der Waals surface area contributed by atoms with Gasteiger partial charge in [0.1, 0.15) is 0 Å². The van der Waals surface area contributed by atoms with Gasteiger partial charge in [-0.05, 0) is 0 Å². The maximum absolute atomic E-state index is 9.63. The van der Waals surface area contributed by atoms with E-state index in [2.05, 4.69) is 4.31 Å². The molecule has 0 aliphatic rings. The molecule has 0 spiro atoms. The van der Waals surface area contributed by atoms with Gasteiger partial charge in [-0.15, -0.1) is 0 Å². The Kier molecular flexibility index (Phi) is 312. The number of hydrogen-bond donors (Lipinski definition) is 4. The minimum atomic E-state index is -5.05. The molecule has 0 aromatic carbocycles. The third-order valence-electron chi connectivity index (χ3n) is 0.213. The molecule has 0 unspecified atom stereocenters. The molecule has 0 aromatic rings. The van der Waals surface area contributed by atoms with Gasteiger partial charge < -0.3 is 74.3 Å². The van der Waals surface area contributed by atoms with Crippen molar-refractivity contribution in [1.29, 1.82) is 0 Å². The molecule has 0 aromatic heterocycles. The maximum Gasteiger partial charge on any atom is 0.478 e. The molecular formula is H24Na4O17P2. The molecule has 4 radical (unpaired) electrons. The molecule has 23 heteroatoms. The largest absolute Gasteiger partial charge is 0.478 e. The van der Waals surface area contributed by atoms with Crippen LogP contribution in [0.5, 0.6) is 0 Å². The third kappa shape index (κ3) is 151. The van der Waals surface area contributed by atoms with Crippen LogP contribution in [0, 0.1) is 0 Å². The van der Waals surface area contributed by atoms with Crippen molar-refractivity contribution >= 4 is 134 Å². The predicted molar refractivity (Wildman–Crippen MR) is 84.3 cm³/mol. The quantitative estimate of drug-likeness (QED) is 0.232. The number of phosphoric acid groups is 2. The first-order valence-corrected chi connectivity index (χ1v) is 4.59. The fraction of sp³-hybridized carbons (Fsp3) is 0. The Balaban J connectivity index is -0.00000000352. The predicted octanol–water partition coefficient (Wildman–Crippen LogP) is -10.6. The van der Waals surface area contributed by atoms with Crippen LogP contribution in [0.4, 0.5) is 0 Å². The van der Waals surface area contributed by atoms with E-state index in [1.54, 1.807) is 0 Å². The molecule has 0 atom stereocenters. The molecule has 0 aliphatic heterocycles. The van der Waals surface area contributed by atoms with Gasteiger partial charge in [0.25, 0.3) is 0 Å². The fourth-order valence-electron chi connectivity index (χ4n) is 0.139. The van der Waals surface area contributed by atoms with Crippen LogP contribution < -0.4 is 0 Å². The van der Waals surface area contributed by atoms with Crippen molar-refractivity contribution in [3.63, 3.8) is 0 Å². The Morgan fingerprint density at radius 3 is 0.522 bits per heavy atom. The van der Waals surface area contributed by atoms with Gasteiger partial charge in [-0.25, -0.2) is 9.13 Å². The average molecular weight is 450 g/mol. The summed E-state index contributed by atoms with van der Waals surface area (Å²) in [5.74, 6) is 0. The van der Waals surface area contributed by atoms with Gasteiger partial charge in [0.05, 0.1) is 0 Å². The van der Waals surface area contributed by atoms with Gasteiger partial charge in [0.15, 0.2) is 0 Å². The molecule has 23 heavy (non-hydrogen) atoms. The molecule has 0 aliphatic carbocycles. The molecule has 0 saturated carbocycles. The van der Waals surface area contributed by atoms with Crippen molar-refractivity contribution in [2.45, 2.75) is 0 Å². The first kappa shape index (κ1) is 128. The molecule has 24 N–H and O–H groups in total. The van der Waals surface area contributed by atoms with E-state index < -0.39 is 15.6 Å². The molecule has 0 heterocycles. The summed E-state index contributed by atoms with van der Waals surface area (Å²) < 4.78 is 22.2. The van der Waals surface area contributed by atoms with E-state index in [0.29, 0.717) is 0 Å². The number of rotatable bonds is 2. The molecule has 0 bridgehead atoms. The van der Waals surface area contributed by atoms with Crippen LogP contribution in [0.15, 0.2) is 0 Å². The molecule has 0 amide bonds. The second-order valence-electron chi connectivity index (χ2n) is 1.06. The summed E-state index contributed by atoms with van der Waals surface area (Å²) in [6, 6.07) is 0. The average Bonchev–Trinajstić information content (AvgIpc) is 1.14. The van der Waals surface area contributed by atoms with Gasteiger partial charge >= 0.3 is 15.6 Å². The summed E-state index contributed by atoms with van der Waals surface area (Å²) >= 11 is 0. The van der Waals surface area contributed by atoms with E-state index >= 15 is 0 Å². The van der Waals surface area contributed by atoms with Crippen LogP contribution in [0.2, 0.25) is 0 Å². The Morgan fingerprint density at radius 1 is 0.435 bits per heavy atom.